The Morgan fingerprint density at radius 2 is 2.24 bits per heavy atom. The number of carbonyl (C=O) groups is 3. The van der Waals surface area contributed by atoms with Gasteiger partial charge in [0.1, 0.15) is 39.5 Å². The number of alkyl halides is 1. The average Bonchev–Trinajstić information content (AvgIpc) is 3.31. The number of fused-ring (bicyclic) bond motifs is 1. The Balaban J connectivity index is 1.46. The fourth-order valence-corrected chi connectivity index (χ4v) is 8.92. The standard InChI is InChI=1S/C23H27ClFN7O6S4/c24-17-14(30-22(27)41-17)15(31-38-4-2-25)18(34)29-16-19(35)32-9-23(21(36)37,10-40-20(16)32)42-13-1-3-28-5-11(13)7-39-8-12(26)6-33/h1,3,5,12,16,20,33H,2,4,6-10,26H2,(H2,27,30)(H,29,34)(H,36,37)/t12?,16-,20-,23?/m1/s1. The summed E-state index contributed by atoms with van der Waals surface area (Å²) in [6.45, 7) is -1.48. The number of aliphatic hydroxyl groups excluding tert-OH is 1. The number of halogens is 2. The van der Waals surface area contributed by atoms with Crippen LogP contribution in [0.3, 0.4) is 0 Å². The summed E-state index contributed by atoms with van der Waals surface area (Å²) >= 11 is 10.9. The van der Waals surface area contributed by atoms with Crippen molar-refractivity contribution in [2.45, 2.75) is 32.9 Å². The second kappa shape index (κ2) is 14.4. The van der Waals surface area contributed by atoms with Crippen LogP contribution in [0.2, 0.25) is 4.34 Å². The van der Waals surface area contributed by atoms with Gasteiger partial charge in [-0.1, -0.05) is 28.1 Å². The number of nitrogen functional groups attached to an aromatic ring is 1. The number of carbonyl (C=O) groups excluding carboxylic acids is 2. The molecule has 0 radical (unpaired) electrons. The number of anilines is 1. The highest BCUT2D eigenvalue weighted by molar-refractivity contribution is 8.05. The molecule has 4 rings (SSSR count). The molecule has 2 amide bonds. The lowest BCUT2D eigenvalue weighted by Gasteiger charge is -2.53. The van der Waals surface area contributed by atoms with Crippen molar-refractivity contribution in [2.24, 2.45) is 10.9 Å². The smallest absolute Gasteiger partial charge is 0.322 e. The zero-order valence-corrected chi connectivity index (χ0v) is 25.8. The van der Waals surface area contributed by atoms with E-state index in [0.29, 0.717) is 16.4 Å². The van der Waals surface area contributed by atoms with E-state index in [4.69, 9.17) is 33.0 Å². The van der Waals surface area contributed by atoms with E-state index in [0.717, 1.165) is 28.7 Å². The van der Waals surface area contributed by atoms with Crippen molar-refractivity contribution >= 4 is 86.9 Å². The van der Waals surface area contributed by atoms with Gasteiger partial charge in [0.05, 0.1) is 6.61 Å². The fraction of sp³-hybridized carbons (Fsp3) is 0.478. The number of hydrogen-bond donors (Lipinski definition) is 5. The van der Waals surface area contributed by atoms with Crippen LogP contribution < -0.4 is 16.8 Å². The Morgan fingerprint density at radius 1 is 1.45 bits per heavy atom. The molecule has 0 spiro atoms. The van der Waals surface area contributed by atoms with Gasteiger partial charge in [0.2, 0.25) is 5.91 Å². The maximum Gasteiger partial charge on any atom is 0.322 e. The number of rotatable bonds is 14. The number of aromatic nitrogens is 2. The van der Waals surface area contributed by atoms with E-state index in [9.17, 15) is 23.9 Å². The number of oxime groups is 1. The van der Waals surface area contributed by atoms with E-state index in [-0.39, 0.29) is 45.8 Å². The van der Waals surface area contributed by atoms with E-state index >= 15 is 0 Å². The zero-order chi connectivity index (χ0) is 30.4. The van der Waals surface area contributed by atoms with Gasteiger partial charge in [-0.3, -0.25) is 19.4 Å². The minimum absolute atomic E-state index is 0.0623. The molecule has 0 aliphatic carbocycles. The maximum absolute atomic E-state index is 13.2. The number of aliphatic hydroxyl groups is 1. The Bertz CT molecular complexity index is 1360. The van der Waals surface area contributed by atoms with Crippen molar-refractivity contribution in [1.82, 2.24) is 20.2 Å². The first kappa shape index (κ1) is 32.6. The van der Waals surface area contributed by atoms with Gasteiger partial charge in [0.15, 0.2) is 10.8 Å². The van der Waals surface area contributed by atoms with Gasteiger partial charge in [0.25, 0.3) is 5.91 Å². The summed E-state index contributed by atoms with van der Waals surface area (Å²) in [5, 5.41) is 25.3. The summed E-state index contributed by atoms with van der Waals surface area (Å²) in [4.78, 5) is 54.0. The quantitative estimate of drug-likeness (QED) is 0.0820. The number of nitrogens with one attached hydrogen (secondary N) is 1. The van der Waals surface area contributed by atoms with Crippen LogP contribution in [0.4, 0.5) is 9.52 Å². The molecule has 2 aromatic heterocycles. The number of β-lactam (4-membered cyclic amide) rings is 1. The number of thiazole rings is 1. The van der Waals surface area contributed by atoms with Gasteiger partial charge >= 0.3 is 5.97 Å². The molecule has 2 aliphatic rings. The predicted octanol–water partition coefficient (Wildman–Crippen LogP) is 1.03. The number of nitrogens with zero attached hydrogens (tertiary/aromatic N) is 4. The van der Waals surface area contributed by atoms with Crippen molar-refractivity contribution < 1.29 is 33.8 Å². The molecule has 4 atom stereocenters. The molecule has 4 heterocycles. The van der Waals surface area contributed by atoms with Crippen LogP contribution in [-0.4, -0.2) is 109 Å². The number of thioether (sulfide) groups is 3. The highest BCUT2D eigenvalue weighted by Crippen LogP contribution is 2.47. The second-order valence-electron chi connectivity index (χ2n) is 9.10. The van der Waals surface area contributed by atoms with E-state index < -0.39 is 47.2 Å². The highest BCUT2D eigenvalue weighted by Gasteiger charge is 2.58. The molecule has 0 bridgehead atoms. The Labute approximate surface area is 261 Å². The Hall–Kier alpha value is -2.35. The third-order valence-electron chi connectivity index (χ3n) is 6.09. The summed E-state index contributed by atoms with van der Waals surface area (Å²) in [7, 11) is 0. The Morgan fingerprint density at radius 3 is 2.90 bits per heavy atom. The minimum atomic E-state index is -1.35. The maximum atomic E-state index is 13.2. The summed E-state index contributed by atoms with van der Waals surface area (Å²) in [5.74, 6) is -1.20. The first-order valence-corrected chi connectivity index (χ1v) is 16.5. The lowest BCUT2D eigenvalue weighted by atomic mass is 10.0. The lowest BCUT2D eigenvalue weighted by Crippen LogP contribution is -2.74. The number of hydrogen-bond acceptors (Lipinski definition) is 14. The molecule has 0 aromatic carbocycles. The van der Waals surface area contributed by atoms with Crippen LogP contribution in [0, 0.1) is 0 Å². The molecule has 13 nitrogen and oxygen atoms in total. The van der Waals surface area contributed by atoms with Gasteiger partial charge in [-0.2, -0.15) is 11.8 Å². The van der Waals surface area contributed by atoms with Gasteiger partial charge in [-0.25, -0.2) is 9.37 Å². The number of nitrogens with two attached hydrogens (primary N) is 2. The fourth-order valence-electron chi connectivity index (χ4n) is 4.00. The normalized spacial score (nSPS) is 22.7. The van der Waals surface area contributed by atoms with E-state index in [1.165, 1.54) is 28.4 Å². The summed E-state index contributed by atoms with van der Waals surface area (Å²) < 4.78 is 11.3. The van der Waals surface area contributed by atoms with Crippen LogP contribution in [0.1, 0.15) is 11.3 Å². The summed E-state index contributed by atoms with van der Waals surface area (Å²) in [6.07, 6.45) is 3.23. The SMILES string of the molecule is Nc1nc(C(=NOCCF)C(=O)N[C@@H]2C(=O)N3CC(Sc4ccncc4CSCC(N)CO)(C(=O)O)CS[C@H]23)c(Cl)s1. The molecular formula is C23H27ClFN7O6S4. The average molecular weight is 680 g/mol. The van der Waals surface area contributed by atoms with E-state index in [2.05, 4.69) is 20.4 Å². The molecule has 42 heavy (non-hydrogen) atoms. The largest absolute Gasteiger partial charge is 0.480 e. The number of carboxylic acids is 1. The first-order chi connectivity index (χ1) is 20.1. The van der Waals surface area contributed by atoms with Crippen LogP contribution >= 0.6 is 58.2 Å². The number of pyridine rings is 1. The molecule has 7 N–H and O–H groups in total. The predicted molar refractivity (Wildman–Crippen MR) is 162 cm³/mol. The topological polar surface area (TPSA) is 206 Å². The highest BCUT2D eigenvalue weighted by atomic mass is 35.5. The van der Waals surface area contributed by atoms with Crippen molar-refractivity contribution in [3.63, 3.8) is 0 Å². The van der Waals surface area contributed by atoms with Crippen molar-refractivity contribution in [1.29, 1.82) is 0 Å². The van der Waals surface area contributed by atoms with Gasteiger partial charge < -0.3 is 36.7 Å². The summed E-state index contributed by atoms with van der Waals surface area (Å²) in [5.41, 5.74) is 11.8. The van der Waals surface area contributed by atoms with Crippen LogP contribution in [0.15, 0.2) is 28.5 Å². The Kier molecular flexibility index (Phi) is 11.2. The molecule has 2 aromatic rings. The van der Waals surface area contributed by atoms with Crippen molar-refractivity contribution in [3.05, 3.63) is 34.1 Å². The number of aliphatic carboxylic acids is 1. The number of amides is 2. The molecule has 2 aliphatic heterocycles. The third-order valence-corrected chi connectivity index (χ3v) is 11.5. The molecule has 228 valence electrons. The van der Waals surface area contributed by atoms with Crippen molar-refractivity contribution in [2.75, 3.05) is 43.7 Å². The van der Waals surface area contributed by atoms with Crippen LogP contribution in [-0.2, 0) is 25.0 Å². The molecule has 2 unspecified atom stereocenters. The van der Waals surface area contributed by atoms with Gasteiger partial charge in [0, 0.05) is 47.1 Å². The minimum Gasteiger partial charge on any atom is -0.480 e. The molecule has 2 saturated heterocycles. The van der Waals surface area contributed by atoms with Crippen LogP contribution in [0.25, 0.3) is 0 Å². The van der Waals surface area contributed by atoms with Crippen molar-refractivity contribution in [3.8, 4) is 0 Å². The lowest BCUT2D eigenvalue weighted by molar-refractivity contribution is -0.151. The number of carboxylic acid groups (broad SMARTS) is 1. The molecule has 2 fully saturated rings. The molecule has 0 saturated carbocycles. The van der Waals surface area contributed by atoms with Gasteiger partial charge in [-0.15, -0.1) is 23.5 Å². The monoisotopic (exact) mass is 679 g/mol. The molecular weight excluding hydrogens is 653 g/mol. The molecule has 19 heteroatoms. The van der Waals surface area contributed by atoms with E-state index in [1.807, 2.05) is 0 Å². The first-order valence-electron chi connectivity index (χ1n) is 12.3. The van der Waals surface area contributed by atoms with E-state index in [1.54, 1.807) is 18.5 Å². The summed E-state index contributed by atoms with van der Waals surface area (Å²) in [6, 6.07) is 0.397. The second-order valence-corrected chi connectivity index (χ2v) is 14.3. The third kappa shape index (κ3) is 7.23. The zero-order valence-electron chi connectivity index (χ0n) is 21.8. The van der Waals surface area contributed by atoms with Crippen LogP contribution in [0.5, 0.6) is 0 Å². The van der Waals surface area contributed by atoms with Gasteiger partial charge in [-0.05, 0) is 11.6 Å².